The van der Waals surface area contributed by atoms with E-state index >= 15 is 0 Å². The highest BCUT2D eigenvalue weighted by Crippen LogP contribution is 2.22. The summed E-state index contributed by atoms with van der Waals surface area (Å²) in [7, 11) is 3.92. The first-order chi connectivity index (χ1) is 15.0. The molecule has 0 spiro atoms. The highest BCUT2D eigenvalue weighted by Gasteiger charge is 2.10. The second-order valence-corrected chi connectivity index (χ2v) is 7.38. The summed E-state index contributed by atoms with van der Waals surface area (Å²) in [6, 6.07) is 19.0. The van der Waals surface area contributed by atoms with Crippen molar-refractivity contribution in [3.8, 4) is 11.3 Å². The van der Waals surface area contributed by atoms with Gasteiger partial charge >= 0.3 is 0 Å². The molecule has 7 nitrogen and oxygen atoms in total. The Labute approximate surface area is 179 Å². The summed E-state index contributed by atoms with van der Waals surface area (Å²) < 4.78 is 15.0. The zero-order valence-electron chi connectivity index (χ0n) is 17.3. The fourth-order valence-corrected chi connectivity index (χ4v) is 3.13. The van der Waals surface area contributed by atoms with Crippen molar-refractivity contribution < 1.29 is 9.18 Å². The highest BCUT2D eigenvalue weighted by molar-refractivity contribution is 5.94. The Morgan fingerprint density at radius 3 is 2.48 bits per heavy atom. The maximum Gasteiger partial charge on any atom is 0.251 e. The van der Waals surface area contributed by atoms with Crippen molar-refractivity contribution in [1.29, 1.82) is 0 Å². The molecule has 1 amide bonds. The van der Waals surface area contributed by atoms with Crippen molar-refractivity contribution in [3.63, 3.8) is 0 Å². The molecule has 0 atom stereocenters. The molecule has 0 aliphatic carbocycles. The summed E-state index contributed by atoms with van der Waals surface area (Å²) >= 11 is 0. The van der Waals surface area contributed by atoms with Crippen LogP contribution in [0.25, 0.3) is 16.9 Å². The molecule has 2 heterocycles. The number of halogens is 1. The number of rotatable bonds is 7. The predicted molar refractivity (Wildman–Crippen MR) is 119 cm³/mol. The first kappa shape index (κ1) is 20.5. The van der Waals surface area contributed by atoms with Gasteiger partial charge in [-0.25, -0.2) is 8.91 Å². The third-order valence-corrected chi connectivity index (χ3v) is 4.75. The quantitative estimate of drug-likeness (QED) is 0.480. The number of pyridine rings is 1. The lowest BCUT2D eigenvalue weighted by Gasteiger charge is -2.10. The van der Waals surface area contributed by atoms with Gasteiger partial charge in [-0.1, -0.05) is 6.07 Å². The largest absolute Gasteiger partial charge is 0.351 e. The molecule has 4 aromatic rings. The number of carbonyl (C=O) groups excluding carboxylic acids is 1. The number of nitrogens with zero attached hydrogens (tertiary/aromatic N) is 4. The van der Waals surface area contributed by atoms with E-state index in [1.807, 2.05) is 49.3 Å². The molecule has 2 aromatic carbocycles. The van der Waals surface area contributed by atoms with E-state index in [4.69, 9.17) is 0 Å². The number of nitrogens with one attached hydrogen (secondary N) is 2. The van der Waals surface area contributed by atoms with Crippen molar-refractivity contribution in [3.05, 3.63) is 78.1 Å². The zero-order chi connectivity index (χ0) is 21.8. The summed E-state index contributed by atoms with van der Waals surface area (Å²) in [6.45, 7) is 1.37. The van der Waals surface area contributed by atoms with Gasteiger partial charge in [0.15, 0.2) is 5.65 Å². The van der Waals surface area contributed by atoms with Crippen molar-refractivity contribution >= 4 is 23.2 Å². The molecule has 2 N–H and O–H groups in total. The van der Waals surface area contributed by atoms with Crippen LogP contribution in [0.5, 0.6) is 0 Å². The molecule has 2 aromatic heterocycles. The molecule has 31 heavy (non-hydrogen) atoms. The van der Waals surface area contributed by atoms with Gasteiger partial charge in [0, 0.05) is 29.9 Å². The van der Waals surface area contributed by atoms with E-state index in [1.54, 1.807) is 28.8 Å². The van der Waals surface area contributed by atoms with Crippen molar-refractivity contribution in [2.75, 3.05) is 32.5 Å². The minimum atomic E-state index is -0.285. The summed E-state index contributed by atoms with van der Waals surface area (Å²) in [5.41, 5.74) is 3.67. The average Bonchev–Trinajstić information content (AvgIpc) is 3.17. The highest BCUT2D eigenvalue weighted by atomic mass is 19.1. The van der Waals surface area contributed by atoms with E-state index in [1.165, 1.54) is 12.1 Å². The third-order valence-electron chi connectivity index (χ3n) is 4.75. The van der Waals surface area contributed by atoms with E-state index in [9.17, 15) is 9.18 Å². The summed E-state index contributed by atoms with van der Waals surface area (Å²) in [5, 5.41) is 10.6. The van der Waals surface area contributed by atoms with Crippen LogP contribution in [0.15, 0.2) is 66.7 Å². The average molecular weight is 418 g/mol. The van der Waals surface area contributed by atoms with Gasteiger partial charge in [0.2, 0.25) is 5.95 Å². The number of benzene rings is 2. The number of likely N-dealkylation sites (N-methyl/N-ethyl adjacent to an activating group) is 1. The Hall–Kier alpha value is -3.78. The number of anilines is 2. The minimum absolute atomic E-state index is 0.108. The molecule has 158 valence electrons. The van der Waals surface area contributed by atoms with Gasteiger partial charge in [0.1, 0.15) is 5.82 Å². The van der Waals surface area contributed by atoms with E-state index in [0.29, 0.717) is 23.7 Å². The normalized spacial score (nSPS) is 11.1. The van der Waals surface area contributed by atoms with Crippen molar-refractivity contribution in [1.82, 2.24) is 24.8 Å². The van der Waals surface area contributed by atoms with E-state index in [0.717, 1.165) is 23.5 Å². The molecule has 0 unspecified atom stereocenters. The molecule has 0 aliphatic rings. The van der Waals surface area contributed by atoms with Crippen LogP contribution in [0.4, 0.5) is 16.0 Å². The fourth-order valence-electron chi connectivity index (χ4n) is 3.13. The van der Waals surface area contributed by atoms with Gasteiger partial charge in [0.05, 0.1) is 5.69 Å². The van der Waals surface area contributed by atoms with Crippen LogP contribution in [-0.2, 0) is 0 Å². The second kappa shape index (κ2) is 8.93. The van der Waals surface area contributed by atoms with Crippen molar-refractivity contribution in [2.24, 2.45) is 0 Å². The van der Waals surface area contributed by atoms with E-state index in [-0.39, 0.29) is 11.7 Å². The summed E-state index contributed by atoms with van der Waals surface area (Å²) in [6.07, 6.45) is 0. The molecule has 8 heteroatoms. The summed E-state index contributed by atoms with van der Waals surface area (Å²) in [4.78, 5) is 18.7. The fraction of sp³-hybridized carbons (Fsp3) is 0.174. The van der Waals surface area contributed by atoms with Crippen LogP contribution in [0, 0.1) is 5.82 Å². The van der Waals surface area contributed by atoms with Gasteiger partial charge in [-0.2, -0.15) is 4.98 Å². The van der Waals surface area contributed by atoms with Gasteiger partial charge in [-0.3, -0.25) is 4.79 Å². The third kappa shape index (κ3) is 4.87. The SMILES string of the molecule is CN(C)CCNC(=O)c1ccc(Nc2nc3cccc(-c4ccc(F)cc4)n3n2)cc1. The Morgan fingerprint density at radius 2 is 1.77 bits per heavy atom. The monoisotopic (exact) mass is 418 g/mol. The van der Waals surface area contributed by atoms with Crippen LogP contribution in [0.1, 0.15) is 10.4 Å². The molecule has 0 bridgehead atoms. The van der Waals surface area contributed by atoms with Crippen LogP contribution < -0.4 is 10.6 Å². The lowest BCUT2D eigenvalue weighted by atomic mass is 10.1. The van der Waals surface area contributed by atoms with Gasteiger partial charge in [-0.05, 0) is 74.8 Å². The van der Waals surface area contributed by atoms with Crippen LogP contribution in [0.2, 0.25) is 0 Å². The smallest absolute Gasteiger partial charge is 0.251 e. The topological polar surface area (TPSA) is 74.6 Å². The maximum absolute atomic E-state index is 13.3. The molecular weight excluding hydrogens is 395 g/mol. The maximum atomic E-state index is 13.3. The number of aromatic nitrogens is 3. The Balaban J connectivity index is 1.49. The number of amides is 1. The van der Waals surface area contributed by atoms with Gasteiger partial charge in [0.25, 0.3) is 5.91 Å². The number of fused-ring (bicyclic) bond motifs is 1. The molecule has 0 aliphatic heterocycles. The number of hydrogen-bond donors (Lipinski definition) is 2. The minimum Gasteiger partial charge on any atom is -0.351 e. The van der Waals surface area contributed by atoms with E-state index < -0.39 is 0 Å². The predicted octanol–water partition coefficient (Wildman–Crippen LogP) is 3.57. The van der Waals surface area contributed by atoms with Gasteiger partial charge in [-0.15, -0.1) is 5.10 Å². The molecule has 0 fully saturated rings. The standard InChI is InChI=1S/C23H23FN6O/c1-29(2)15-14-25-22(31)17-8-12-19(13-9-17)26-23-27-21-5-3-4-20(30(21)28-23)16-6-10-18(24)11-7-16/h3-13H,14-15H2,1-2H3,(H,25,31)(H,26,28). The molecule has 0 saturated carbocycles. The Morgan fingerprint density at radius 1 is 1.03 bits per heavy atom. The van der Waals surface area contributed by atoms with Crippen LogP contribution in [-0.4, -0.2) is 52.6 Å². The zero-order valence-corrected chi connectivity index (χ0v) is 17.3. The van der Waals surface area contributed by atoms with Gasteiger partial charge < -0.3 is 15.5 Å². The Bertz CT molecular complexity index is 1190. The van der Waals surface area contributed by atoms with Crippen molar-refractivity contribution in [2.45, 2.75) is 0 Å². The Kier molecular flexibility index (Phi) is 5.90. The first-order valence-corrected chi connectivity index (χ1v) is 9.91. The first-order valence-electron chi connectivity index (χ1n) is 9.91. The summed E-state index contributed by atoms with van der Waals surface area (Å²) in [5.74, 6) is 0.0349. The lowest BCUT2D eigenvalue weighted by Crippen LogP contribution is -2.31. The lowest BCUT2D eigenvalue weighted by molar-refractivity contribution is 0.0951. The van der Waals surface area contributed by atoms with Crippen LogP contribution >= 0.6 is 0 Å². The van der Waals surface area contributed by atoms with Crippen LogP contribution in [0.3, 0.4) is 0 Å². The molecule has 0 radical (unpaired) electrons. The molecular formula is C23H23FN6O. The number of hydrogen-bond acceptors (Lipinski definition) is 5. The molecule has 4 rings (SSSR count). The van der Waals surface area contributed by atoms with E-state index in [2.05, 4.69) is 20.7 Å². The second-order valence-electron chi connectivity index (χ2n) is 7.38. The number of carbonyl (C=O) groups is 1. The molecule has 0 saturated heterocycles.